The molecule has 168 valence electrons. The maximum atomic E-state index is 12.2. The summed E-state index contributed by atoms with van der Waals surface area (Å²) in [5, 5.41) is 2.79. The van der Waals surface area contributed by atoms with E-state index in [0.29, 0.717) is 19.6 Å². The van der Waals surface area contributed by atoms with Crippen LogP contribution in [0.1, 0.15) is 49.8 Å². The van der Waals surface area contributed by atoms with Crippen LogP contribution in [0.15, 0.2) is 72.8 Å². The summed E-state index contributed by atoms with van der Waals surface area (Å²) in [5.41, 5.74) is 5.54. The summed E-state index contributed by atoms with van der Waals surface area (Å²) in [5.74, 6) is 7.08. The van der Waals surface area contributed by atoms with E-state index < -0.39 is 6.09 Å². The van der Waals surface area contributed by atoms with Gasteiger partial charge in [0.25, 0.3) is 0 Å². The van der Waals surface area contributed by atoms with Crippen molar-refractivity contribution in [2.45, 2.75) is 38.7 Å². The van der Waals surface area contributed by atoms with Gasteiger partial charge in [-0.1, -0.05) is 60.4 Å². The van der Waals surface area contributed by atoms with Crippen LogP contribution in [0.5, 0.6) is 5.75 Å². The minimum Gasteiger partial charge on any atom is -0.488 e. The molecule has 1 amide bonds. The molecule has 3 aromatic rings. The number of carbonyl (C=O) groups excluding carboxylic acids is 1. The van der Waals surface area contributed by atoms with Crippen molar-refractivity contribution in [3.8, 4) is 28.7 Å². The van der Waals surface area contributed by atoms with E-state index >= 15 is 0 Å². The Labute approximate surface area is 195 Å². The highest BCUT2D eigenvalue weighted by Gasteiger charge is 2.28. The fourth-order valence-corrected chi connectivity index (χ4v) is 4.00. The molecule has 0 aliphatic heterocycles. The number of ether oxygens (including phenoxy) is 2. The van der Waals surface area contributed by atoms with Gasteiger partial charge < -0.3 is 14.8 Å². The summed E-state index contributed by atoms with van der Waals surface area (Å²) in [7, 11) is 0. The Morgan fingerprint density at radius 2 is 1.52 bits per heavy atom. The number of fused-ring (bicyclic) bond motifs is 3. The fraction of sp³-hybridized carbons (Fsp3) is 0.276. The number of carbonyl (C=O) groups is 1. The van der Waals surface area contributed by atoms with Gasteiger partial charge in [-0.25, -0.2) is 4.79 Å². The Balaban J connectivity index is 1.24. The fourth-order valence-electron chi connectivity index (χ4n) is 4.00. The molecule has 0 bridgehead atoms. The monoisotopic (exact) mass is 439 g/mol. The van der Waals surface area contributed by atoms with Crippen molar-refractivity contribution < 1.29 is 14.3 Å². The van der Waals surface area contributed by atoms with Gasteiger partial charge in [0.1, 0.15) is 18.0 Å². The first-order chi connectivity index (χ1) is 15.9. The average Bonchev–Trinajstić information content (AvgIpc) is 3.11. The molecule has 3 aromatic carbocycles. The Bertz CT molecular complexity index is 1130. The summed E-state index contributed by atoms with van der Waals surface area (Å²) >= 11 is 0. The smallest absolute Gasteiger partial charge is 0.407 e. The van der Waals surface area contributed by atoms with Gasteiger partial charge in [0.2, 0.25) is 0 Å². The van der Waals surface area contributed by atoms with Crippen LogP contribution < -0.4 is 10.1 Å². The summed E-state index contributed by atoms with van der Waals surface area (Å²) in [6, 6.07) is 24.3. The lowest BCUT2D eigenvalue weighted by Gasteiger charge is -2.21. The number of rotatable bonds is 5. The van der Waals surface area contributed by atoms with Crippen LogP contribution in [0.4, 0.5) is 4.79 Å². The molecule has 0 radical (unpaired) electrons. The number of nitrogens with one attached hydrogen (secondary N) is 1. The van der Waals surface area contributed by atoms with Crippen LogP contribution in [0.25, 0.3) is 11.1 Å². The van der Waals surface area contributed by atoms with E-state index in [9.17, 15) is 4.79 Å². The van der Waals surface area contributed by atoms with Gasteiger partial charge in [-0.2, -0.15) is 0 Å². The van der Waals surface area contributed by atoms with E-state index in [2.05, 4.69) is 41.4 Å². The maximum Gasteiger partial charge on any atom is 0.407 e. The van der Waals surface area contributed by atoms with Gasteiger partial charge in [0, 0.05) is 24.4 Å². The van der Waals surface area contributed by atoms with Crippen molar-refractivity contribution in [2.24, 2.45) is 0 Å². The van der Waals surface area contributed by atoms with Gasteiger partial charge >= 0.3 is 6.09 Å². The average molecular weight is 440 g/mol. The molecule has 1 aliphatic carbocycles. The maximum absolute atomic E-state index is 12.2. The molecule has 4 heteroatoms. The van der Waals surface area contributed by atoms with Crippen molar-refractivity contribution in [3.63, 3.8) is 0 Å². The van der Waals surface area contributed by atoms with E-state index in [1.165, 1.54) is 22.3 Å². The molecular formula is C29H29NO3. The predicted octanol–water partition coefficient (Wildman–Crippen LogP) is 6.14. The zero-order valence-corrected chi connectivity index (χ0v) is 19.4. The molecule has 1 N–H and O–H groups in total. The Kier molecular flexibility index (Phi) is 6.70. The number of hydrogen-bond donors (Lipinski definition) is 1. The number of benzene rings is 3. The van der Waals surface area contributed by atoms with Gasteiger partial charge in [-0.15, -0.1) is 0 Å². The Morgan fingerprint density at radius 1 is 0.909 bits per heavy atom. The molecule has 0 spiro atoms. The summed E-state index contributed by atoms with van der Waals surface area (Å²) in [4.78, 5) is 12.2. The third-order valence-electron chi connectivity index (χ3n) is 5.37. The van der Waals surface area contributed by atoms with Crippen LogP contribution in [0.3, 0.4) is 0 Å². The largest absolute Gasteiger partial charge is 0.488 e. The third-order valence-corrected chi connectivity index (χ3v) is 5.37. The summed E-state index contributed by atoms with van der Waals surface area (Å²) < 4.78 is 11.4. The molecule has 0 heterocycles. The highest BCUT2D eigenvalue weighted by Crippen LogP contribution is 2.44. The SMILES string of the molecule is CC(C)(C)Oc1ccc(C#CCCNC(=O)OCC2c3ccccc3-c3ccccc32)cc1. The van der Waals surface area contributed by atoms with Crippen molar-refractivity contribution in [3.05, 3.63) is 89.5 Å². The van der Waals surface area contributed by atoms with E-state index in [1.807, 2.05) is 69.3 Å². The van der Waals surface area contributed by atoms with Crippen LogP contribution in [0, 0.1) is 11.8 Å². The number of alkyl carbamates (subject to hydrolysis) is 1. The molecule has 4 nitrogen and oxygen atoms in total. The van der Waals surface area contributed by atoms with Crippen molar-refractivity contribution in [2.75, 3.05) is 13.2 Å². The van der Waals surface area contributed by atoms with E-state index in [1.54, 1.807) is 0 Å². The lowest BCUT2D eigenvalue weighted by atomic mass is 9.98. The van der Waals surface area contributed by atoms with Crippen LogP contribution in [-0.4, -0.2) is 24.8 Å². The molecule has 4 rings (SSSR count). The summed E-state index contributed by atoms with van der Waals surface area (Å²) in [6.07, 6.45) is 0.132. The lowest BCUT2D eigenvalue weighted by Crippen LogP contribution is -2.26. The molecule has 0 fully saturated rings. The molecule has 33 heavy (non-hydrogen) atoms. The van der Waals surface area contributed by atoms with Crippen LogP contribution >= 0.6 is 0 Å². The first-order valence-electron chi connectivity index (χ1n) is 11.3. The lowest BCUT2D eigenvalue weighted by molar-refractivity contribution is 0.131. The van der Waals surface area contributed by atoms with Crippen LogP contribution in [0.2, 0.25) is 0 Å². The first kappa shape index (κ1) is 22.5. The Morgan fingerprint density at radius 3 is 2.12 bits per heavy atom. The molecule has 0 unspecified atom stereocenters. The van der Waals surface area contributed by atoms with Crippen molar-refractivity contribution in [1.82, 2.24) is 5.32 Å². The molecule has 0 saturated heterocycles. The van der Waals surface area contributed by atoms with Crippen molar-refractivity contribution in [1.29, 1.82) is 0 Å². The topological polar surface area (TPSA) is 47.6 Å². The zero-order valence-electron chi connectivity index (χ0n) is 19.4. The summed E-state index contributed by atoms with van der Waals surface area (Å²) in [6.45, 7) is 6.81. The van der Waals surface area contributed by atoms with Crippen molar-refractivity contribution >= 4 is 6.09 Å². The highest BCUT2D eigenvalue weighted by molar-refractivity contribution is 5.79. The quantitative estimate of drug-likeness (QED) is 0.383. The zero-order chi connectivity index (χ0) is 23.3. The molecule has 0 atom stereocenters. The Hall–Kier alpha value is -3.71. The van der Waals surface area contributed by atoms with Gasteiger partial charge in [0.15, 0.2) is 0 Å². The minimum absolute atomic E-state index is 0.0631. The first-order valence-corrected chi connectivity index (χ1v) is 11.3. The van der Waals surface area contributed by atoms with Gasteiger partial charge in [0.05, 0.1) is 0 Å². The molecular weight excluding hydrogens is 410 g/mol. The van der Waals surface area contributed by atoms with E-state index in [0.717, 1.165) is 11.3 Å². The predicted molar refractivity (Wildman–Crippen MR) is 131 cm³/mol. The van der Waals surface area contributed by atoms with E-state index in [-0.39, 0.29) is 11.5 Å². The second kappa shape index (κ2) is 9.83. The molecule has 1 aliphatic rings. The highest BCUT2D eigenvalue weighted by atomic mass is 16.5. The molecule has 0 saturated carbocycles. The number of amides is 1. The normalized spacial score (nSPS) is 12.2. The minimum atomic E-state index is -0.414. The van der Waals surface area contributed by atoms with E-state index in [4.69, 9.17) is 9.47 Å². The van der Waals surface area contributed by atoms with Crippen LogP contribution in [-0.2, 0) is 4.74 Å². The van der Waals surface area contributed by atoms with Gasteiger partial charge in [-0.05, 0) is 67.3 Å². The number of hydrogen-bond acceptors (Lipinski definition) is 3. The second-order valence-corrected chi connectivity index (χ2v) is 9.04. The third kappa shape index (κ3) is 5.75. The second-order valence-electron chi connectivity index (χ2n) is 9.04. The standard InChI is InChI=1S/C29H29NO3/c1-29(2,3)33-22-17-15-21(16-18-22)10-8-9-19-30-28(31)32-20-27-25-13-6-4-11-23(25)24-12-5-7-14-26(24)27/h4-7,11-18,27H,9,19-20H2,1-3H3,(H,30,31). The van der Waals surface area contributed by atoms with Gasteiger partial charge in [-0.3, -0.25) is 0 Å². The molecule has 0 aromatic heterocycles.